The molecule has 1 aromatic carbocycles. The molecule has 1 aromatic heterocycles. The van der Waals surface area contributed by atoms with Crippen molar-refractivity contribution in [3.05, 3.63) is 41.6 Å². The molecule has 0 aliphatic carbocycles. The number of morpholine rings is 1. The van der Waals surface area contributed by atoms with Crippen molar-refractivity contribution in [2.75, 3.05) is 53.6 Å². The number of methoxy groups -OCH3 is 1. The van der Waals surface area contributed by atoms with Crippen molar-refractivity contribution in [3.63, 3.8) is 0 Å². The highest BCUT2D eigenvalue weighted by molar-refractivity contribution is 6.06. The summed E-state index contributed by atoms with van der Waals surface area (Å²) in [6.07, 6.45) is -0.298. The van der Waals surface area contributed by atoms with E-state index in [1.165, 1.54) is 0 Å². The highest BCUT2D eigenvalue weighted by Gasteiger charge is 2.26. The Morgan fingerprint density at radius 2 is 2.18 bits per heavy atom. The number of aromatic nitrogens is 1. The van der Waals surface area contributed by atoms with E-state index in [0.29, 0.717) is 50.7 Å². The highest BCUT2D eigenvalue weighted by Crippen LogP contribution is 2.26. The Bertz CT molecular complexity index is 842. The maximum Gasteiger partial charge on any atom is 0.251 e. The standard InChI is InChI=1S/C20H26N4O4/c1-21-20(26)15-11-17(23-16-6-4-3-5-14(15)16)18-12-24(8-10-28-18)13-19(25)22-7-9-27-2/h3-6,11,18H,7-10,12-13H2,1-2H3,(H,21,26)(H,22,25)/t18-/m0/s1. The Hall–Kier alpha value is -2.55. The number of carbonyl (C=O) groups excluding carboxylic acids is 2. The molecule has 150 valence electrons. The molecular formula is C20H26N4O4. The summed E-state index contributed by atoms with van der Waals surface area (Å²) in [7, 11) is 3.21. The van der Waals surface area contributed by atoms with Crippen molar-refractivity contribution in [3.8, 4) is 0 Å². The van der Waals surface area contributed by atoms with Crippen molar-refractivity contribution >= 4 is 22.7 Å². The molecule has 0 bridgehead atoms. The van der Waals surface area contributed by atoms with Crippen LogP contribution in [0.2, 0.25) is 0 Å². The third kappa shape index (κ3) is 4.83. The van der Waals surface area contributed by atoms with Crippen molar-refractivity contribution < 1.29 is 19.1 Å². The minimum Gasteiger partial charge on any atom is -0.383 e. The lowest BCUT2D eigenvalue weighted by Gasteiger charge is -2.32. The van der Waals surface area contributed by atoms with E-state index >= 15 is 0 Å². The first kappa shape index (κ1) is 20.2. The van der Waals surface area contributed by atoms with Gasteiger partial charge in [0.25, 0.3) is 5.91 Å². The monoisotopic (exact) mass is 386 g/mol. The smallest absolute Gasteiger partial charge is 0.251 e. The van der Waals surface area contributed by atoms with Crippen LogP contribution in [0.4, 0.5) is 0 Å². The van der Waals surface area contributed by atoms with Gasteiger partial charge in [-0.1, -0.05) is 18.2 Å². The van der Waals surface area contributed by atoms with Crippen LogP contribution in [0.25, 0.3) is 10.9 Å². The van der Waals surface area contributed by atoms with Crippen molar-refractivity contribution in [1.29, 1.82) is 0 Å². The predicted molar refractivity (Wildman–Crippen MR) is 105 cm³/mol. The third-order valence-corrected chi connectivity index (χ3v) is 4.68. The van der Waals surface area contributed by atoms with Crippen LogP contribution in [-0.2, 0) is 14.3 Å². The van der Waals surface area contributed by atoms with Crippen LogP contribution in [0.5, 0.6) is 0 Å². The van der Waals surface area contributed by atoms with Gasteiger partial charge in [-0.05, 0) is 12.1 Å². The molecule has 1 saturated heterocycles. The molecule has 1 atom stereocenters. The Kier molecular flexibility index (Phi) is 6.91. The lowest BCUT2D eigenvalue weighted by molar-refractivity contribution is -0.124. The van der Waals surface area contributed by atoms with Crippen LogP contribution in [-0.4, -0.2) is 75.2 Å². The molecular weight excluding hydrogens is 360 g/mol. The fourth-order valence-electron chi connectivity index (χ4n) is 3.26. The fraction of sp³-hybridized carbons (Fsp3) is 0.450. The van der Waals surface area contributed by atoms with Crippen LogP contribution in [0.15, 0.2) is 30.3 Å². The number of rotatable bonds is 7. The van der Waals surface area contributed by atoms with E-state index in [1.54, 1.807) is 20.2 Å². The number of carbonyl (C=O) groups is 2. The molecule has 1 aliphatic heterocycles. The molecule has 28 heavy (non-hydrogen) atoms. The number of benzene rings is 1. The highest BCUT2D eigenvalue weighted by atomic mass is 16.5. The van der Waals surface area contributed by atoms with E-state index in [1.807, 2.05) is 29.2 Å². The number of hydrogen-bond acceptors (Lipinski definition) is 6. The Labute approximate surface area is 164 Å². The van der Waals surface area contributed by atoms with Gasteiger partial charge in [-0.15, -0.1) is 0 Å². The van der Waals surface area contributed by atoms with Crippen LogP contribution in [0.1, 0.15) is 22.2 Å². The Balaban J connectivity index is 1.76. The first-order valence-electron chi connectivity index (χ1n) is 9.33. The van der Waals surface area contributed by atoms with Gasteiger partial charge >= 0.3 is 0 Å². The molecule has 2 amide bonds. The molecule has 0 radical (unpaired) electrons. The minimum absolute atomic E-state index is 0.0461. The molecule has 0 saturated carbocycles. The molecule has 8 heteroatoms. The second-order valence-corrected chi connectivity index (χ2v) is 6.63. The molecule has 1 fully saturated rings. The first-order chi connectivity index (χ1) is 13.6. The normalized spacial score (nSPS) is 17.4. The van der Waals surface area contributed by atoms with E-state index in [2.05, 4.69) is 10.6 Å². The van der Waals surface area contributed by atoms with E-state index in [-0.39, 0.29) is 17.9 Å². The van der Waals surface area contributed by atoms with Crippen LogP contribution in [0.3, 0.4) is 0 Å². The number of amides is 2. The lowest BCUT2D eigenvalue weighted by atomic mass is 10.0. The average molecular weight is 386 g/mol. The van der Waals surface area contributed by atoms with Crippen LogP contribution >= 0.6 is 0 Å². The largest absolute Gasteiger partial charge is 0.383 e. The van der Waals surface area contributed by atoms with Gasteiger partial charge in [-0.25, -0.2) is 4.98 Å². The zero-order chi connectivity index (χ0) is 19.9. The number of para-hydroxylation sites is 1. The molecule has 8 nitrogen and oxygen atoms in total. The van der Waals surface area contributed by atoms with Gasteiger partial charge in [0.1, 0.15) is 6.10 Å². The number of hydrogen-bond donors (Lipinski definition) is 2. The third-order valence-electron chi connectivity index (χ3n) is 4.68. The average Bonchev–Trinajstić information content (AvgIpc) is 2.72. The van der Waals surface area contributed by atoms with Gasteiger partial charge in [0.05, 0.1) is 36.5 Å². The quantitative estimate of drug-likeness (QED) is 0.682. The summed E-state index contributed by atoms with van der Waals surface area (Å²) in [4.78, 5) is 31.1. The van der Waals surface area contributed by atoms with Gasteiger partial charge in [0.15, 0.2) is 0 Å². The number of pyridine rings is 1. The second kappa shape index (κ2) is 9.59. The Morgan fingerprint density at radius 3 is 2.96 bits per heavy atom. The summed E-state index contributed by atoms with van der Waals surface area (Å²) in [6.45, 7) is 2.98. The fourth-order valence-corrected chi connectivity index (χ4v) is 3.26. The topological polar surface area (TPSA) is 92.8 Å². The molecule has 3 rings (SSSR count). The summed E-state index contributed by atoms with van der Waals surface area (Å²) in [6, 6.07) is 9.33. The molecule has 2 N–H and O–H groups in total. The van der Waals surface area contributed by atoms with Crippen molar-refractivity contribution in [2.24, 2.45) is 0 Å². The van der Waals surface area contributed by atoms with Gasteiger partial charge in [-0.2, -0.15) is 0 Å². The van der Waals surface area contributed by atoms with E-state index in [0.717, 1.165) is 10.9 Å². The first-order valence-corrected chi connectivity index (χ1v) is 9.33. The number of nitrogens with zero attached hydrogens (tertiary/aromatic N) is 2. The number of fused-ring (bicyclic) bond motifs is 1. The van der Waals surface area contributed by atoms with E-state index in [9.17, 15) is 9.59 Å². The van der Waals surface area contributed by atoms with Gasteiger partial charge < -0.3 is 20.1 Å². The summed E-state index contributed by atoms with van der Waals surface area (Å²) < 4.78 is 10.8. The SMILES string of the molecule is CNC(=O)c1cc([C@@H]2CN(CC(=O)NCCOC)CCO2)nc2ccccc12. The Morgan fingerprint density at radius 1 is 1.36 bits per heavy atom. The minimum atomic E-state index is -0.298. The summed E-state index contributed by atoms with van der Waals surface area (Å²) >= 11 is 0. The van der Waals surface area contributed by atoms with Gasteiger partial charge in [0, 0.05) is 39.2 Å². The molecule has 2 heterocycles. The van der Waals surface area contributed by atoms with Crippen LogP contribution < -0.4 is 10.6 Å². The second-order valence-electron chi connectivity index (χ2n) is 6.63. The van der Waals surface area contributed by atoms with Crippen LogP contribution in [0, 0.1) is 0 Å². The summed E-state index contributed by atoms with van der Waals surface area (Å²) in [5.74, 6) is -0.208. The zero-order valence-corrected chi connectivity index (χ0v) is 16.2. The maximum atomic E-state index is 12.3. The zero-order valence-electron chi connectivity index (χ0n) is 16.2. The van der Waals surface area contributed by atoms with E-state index in [4.69, 9.17) is 14.5 Å². The molecule has 0 spiro atoms. The number of nitrogens with one attached hydrogen (secondary N) is 2. The predicted octanol–water partition coefficient (Wildman–Crippen LogP) is 0.730. The number of ether oxygens (including phenoxy) is 2. The molecule has 0 unspecified atom stereocenters. The summed E-state index contributed by atoms with van der Waals surface area (Å²) in [5, 5.41) is 6.31. The maximum absolute atomic E-state index is 12.3. The van der Waals surface area contributed by atoms with Crippen molar-refractivity contribution in [2.45, 2.75) is 6.10 Å². The lowest BCUT2D eigenvalue weighted by Crippen LogP contribution is -2.44. The van der Waals surface area contributed by atoms with Crippen molar-refractivity contribution in [1.82, 2.24) is 20.5 Å². The van der Waals surface area contributed by atoms with Gasteiger partial charge in [0.2, 0.25) is 5.91 Å². The van der Waals surface area contributed by atoms with Gasteiger partial charge in [-0.3, -0.25) is 14.5 Å². The molecule has 1 aliphatic rings. The van der Waals surface area contributed by atoms with E-state index < -0.39 is 0 Å². The summed E-state index contributed by atoms with van der Waals surface area (Å²) in [5.41, 5.74) is 2.01. The molecule has 2 aromatic rings.